The van der Waals surface area contributed by atoms with Gasteiger partial charge >= 0.3 is 5.97 Å². The number of carbonyl (C=O) groups is 1. The Morgan fingerprint density at radius 2 is 1.79 bits per heavy atom. The Balaban J connectivity index is 1.60. The van der Waals surface area contributed by atoms with Gasteiger partial charge in [-0.05, 0) is 24.4 Å². The van der Waals surface area contributed by atoms with Crippen molar-refractivity contribution in [2.75, 3.05) is 0 Å². The second kappa shape index (κ2) is 5.81. The first kappa shape index (κ1) is 14.5. The molecule has 4 nitrogen and oxygen atoms in total. The Morgan fingerprint density at radius 1 is 1.04 bits per heavy atom. The number of ether oxygens (including phenoxy) is 1. The molecule has 0 atom stereocenters. The molecule has 0 radical (unpaired) electrons. The number of esters is 1. The van der Waals surface area contributed by atoms with E-state index in [0.717, 1.165) is 27.3 Å². The molecule has 0 saturated carbocycles. The van der Waals surface area contributed by atoms with Crippen molar-refractivity contribution in [1.82, 2.24) is 4.98 Å². The van der Waals surface area contributed by atoms with E-state index in [1.165, 1.54) is 0 Å². The van der Waals surface area contributed by atoms with Gasteiger partial charge in [0.1, 0.15) is 18.0 Å². The average molecular weight is 317 g/mol. The lowest BCUT2D eigenvalue weighted by Crippen LogP contribution is -2.08. The lowest BCUT2D eigenvalue weighted by molar-refractivity contribution is 0.0442. The number of furan rings is 1. The second-order valence-electron chi connectivity index (χ2n) is 5.60. The van der Waals surface area contributed by atoms with Crippen molar-refractivity contribution in [3.05, 3.63) is 77.8 Å². The van der Waals surface area contributed by atoms with Gasteiger partial charge in [-0.25, -0.2) is 9.78 Å². The first-order valence-corrected chi connectivity index (χ1v) is 7.72. The van der Waals surface area contributed by atoms with E-state index >= 15 is 0 Å². The summed E-state index contributed by atoms with van der Waals surface area (Å²) in [6, 6.07) is 17.3. The lowest BCUT2D eigenvalue weighted by atomic mass is 10.1. The number of para-hydroxylation sites is 1. The van der Waals surface area contributed by atoms with Crippen LogP contribution >= 0.6 is 0 Å². The summed E-state index contributed by atoms with van der Waals surface area (Å²) in [5, 5.41) is 2.78. The molecule has 118 valence electrons. The molecule has 0 bridgehead atoms. The Bertz CT molecular complexity index is 1040. The van der Waals surface area contributed by atoms with Crippen molar-refractivity contribution in [3.8, 4) is 0 Å². The van der Waals surface area contributed by atoms with E-state index in [2.05, 4.69) is 4.98 Å². The van der Waals surface area contributed by atoms with E-state index in [1.807, 2.05) is 61.5 Å². The smallest absolute Gasteiger partial charge is 0.358 e. The molecule has 2 aromatic carbocycles. The molecule has 0 unspecified atom stereocenters. The molecule has 2 heterocycles. The minimum Gasteiger partial charge on any atom is -0.457 e. The van der Waals surface area contributed by atoms with E-state index < -0.39 is 5.97 Å². The number of hydrogen-bond donors (Lipinski definition) is 0. The van der Waals surface area contributed by atoms with Crippen LogP contribution in [0.15, 0.2) is 65.2 Å². The monoisotopic (exact) mass is 317 g/mol. The highest BCUT2D eigenvalue weighted by Crippen LogP contribution is 2.26. The number of hydrogen-bond acceptors (Lipinski definition) is 4. The van der Waals surface area contributed by atoms with Crippen molar-refractivity contribution in [2.24, 2.45) is 0 Å². The fourth-order valence-electron chi connectivity index (χ4n) is 2.84. The summed E-state index contributed by atoms with van der Waals surface area (Å²) in [6.07, 6.45) is 1.62. The van der Waals surface area contributed by atoms with E-state index in [1.54, 1.807) is 6.20 Å². The predicted molar refractivity (Wildman–Crippen MR) is 91.8 cm³/mol. The highest BCUT2D eigenvalue weighted by atomic mass is 16.5. The fraction of sp³-hybridized carbons (Fsp3) is 0.100. The molecule has 0 spiro atoms. The molecule has 0 N–H and O–H groups in total. The Hall–Kier alpha value is -3.14. The van der Waals surface area contributed by atoms with Crippen LogP contribution in [-0.2, 0) is 11.3 Å². The van der Waals surface area contributed by atoms with Gasteiger partial charge in [0.05, 0.1) is 0 Å². The van der Waals surface area contributed by atoms with Crippen LogP contribution in [-0.4, -0.2) is 11.0 Å². The summed E-state index contributed by atoms with van der Waals surface area (Å²) in [5.41, 5.74) is 2.11. The molecular formula is C20H15NO3. The molecule has 0 amide bonds. The van der Waals surface area contributed by atoms with Crippen LogP contribution in [0.4, 0.5) is 0 Å². The maximum absolute atomic E-state index is 12.4. The van der Waals surface area contributed by atoms with Crippen molar-refractivity contribution in [3.63, 3.8) is 0 Å². The molecule has 24 heavy (non-hydrogen) atoms. The van der Waals surface area contributed by atoms with Gasteiger partial charge < -0.3 is 9.15 Å². The Labute approximate surface area is 138 Å². The average Bonchev–Trinajstić information content (AvgIpc) is 2.95. The van der Waals surface area contributed by atoms with Gasteiger partial charge in [0.15, 0.2) is 5.69 Å². The van der Waals surface area contributed by atoms with E-state index in [0.29, 0.717) is 11.5 Å². The summed E-state index contributed by atoms with van der Waals surface area (Å²) in [7, 11) is 0. The minimum atomic E-state index is -0.452. The quantitative estimate of drug-likeness (QED) is 0.516. The number of aryl methyl sites for hydroxylation is 1. The largest absolute Gasteiger partial charge is 0.457 e. The Kier molecular flexibility index (Phi) is 3.50. The van der Waals surface area contributed by atoms with Gasteiger partial charge in [-0.15, -0.1) is 0 Å². The van der Waals surface area contributed by atoms with E-state index in [-0.39, 0.29) is 6.61 Å². The number of rotatable bonds is 3. The minimum absolute atomic E-state index is 0.0875. The molecule has 0 aliphatic carbocycles. The van der Waals surface area contributed by atoms with Gasteiger partial charge in [-0.1, -0.05) is 42.5 Å². The normalized spacial score (nSPS) is 11.0. The van der Waals surface area contributed by atoms with Gasteiger partial charge in [0, 0.05) is 22.5 Å². The third-order valence-corrected chi connectivity index (χ3v) is 4.14. The summed E-state index contributed by atoms with van der Waals surface area (Å²) in [5.74, 6) is 0.205. The maximum atomic E-state index is 12.4. The molecule has 0 saturated heterocycles. The lowest BCUT2D eigenvalue weighted by Gasteiger charge is -2.06. The summed E-state index contributed by atoms with van der Waals surface area (Å²) >= 11 is 0. The standard InChI is InChI=1S/C20H15NO3/c1-13-15-7-4-5-9-17(15)24-18(13)12-23-20(22)19-16-8-3-2-6-14(16)10-11-21-19/h2-11H,12H2,1H3. The van der Waals surface area contributed by atoms with Crippen molar-refractivity contribution in [2.45, 2.75) is 13.5 Å². The Morgan fingerprint density at radius 3 is 2.62 bits per heavy atom. The SMILES string of the molecule is Cc1c(COC(=O)c2nccc3ccccc23)oc2ccccc12. The second-order valence-corrected chi connectivity index (χ2v) is 5.60. The van der Waals surface area contributed by atoms with Gasteiger partial charge in [0.25, 0.3) is 0 Å². The number of carbonyl (C=O) groups excluding carboxylic acids is 1. The number of nitrogens with zero attached hydrogens (tertiary/aromatic N) is 1. The van der Waals surface area contributed by atoms with Crippen LogP contribution in [0.2, 0.25) is 0 Å². The van der Waals surface area contributed by atoms with Crippen LogP contribution in [0.25, 0.3) is 21.7 Å². The van der Waals surface area contributed by atoms with Gasteiger partial charge in [-0.2, -0.15) is 0 Å². The van der Waals surface area contributed by atoms with Crippen LogP contribution < -0.4 is 0 Å². The molecule has 0 aliphatic heterocycles. The summed E-state index contributed by atoms with van der Waals surface area (Å²) in [6.45, 7) is 2.05. The molecule has 0 fully saturated rings. The highest BCUT2D eigenvalue weighted by molar-refractivity contribution is 6.02. The molecular weight excluding hydrogens is 302 g/mol. The highest BCUT2D eigenvalue weighted by Gasteiger charge is 2.16. The zero-order valence-corrected chi connectivity index (χ0v) is 13.2. The summed E-state index contributed by atoms with van der Waals surface area (Å²) in [4.78, 5) is 16.6. The third kappa shape index (κ3) is 2.42. The van der Waals surface area contributed by atoms with Crippen molar-refractivity contribution in [1.29, 1.82) is 0 Å². The van der Waals surface area contributed by atoms with Crippen LogP contribution in [0.5, 0.6) is 0 Å². The van der Waals surface area contributed by atoms with Crippen molar-refractivity contribution >= 4 is 27.7 Å². The molecule has 4 aromatic rings. The fourth-order valence-corrected chi connectivity index (χ4v) is 2.84. The number of pyridine rings is 1. The predicted octanol–water partition coefficient (Wildman–Crippen LogP) is 4.65. The van der Waals surface area contributed by atoms with Gasteiger partial charge in [0.2, 0.25) is 0 Å². The molecule has 4 rings (SSSR count). The van der Waals surface area contributed by atoms with Crippen molar-refractivity contribution < 1.29 is 13.9 Å². The number of fused-ring (bicyclic) bond motifs is 2. The van der Waals surface area contributed by atoms with Crippen LogP contribution in [0, 0.1) is 6.92 Å². The summed E-state index contributed by atoms with van der Waals surface area (Å²) < 4.78 is 11.2. The molecule has 2 aromatic heterocycles. The first-order valence-electron chi connectivity index (χ1n) is 7.72. The van der Waals surface area contributed by atoms with Crippen LogP contribution in [0.3, 0.4) is 0 Å². The topological polar surface area (TPSA) is 52.3 Å². The number of benzene rings is 2. The molecule has 4 heteroatoms. The zero-order valence-electron chi connectivity index (χ0n) is 13.2. The van der Waals surface area contributed by atoms with Gasteiger partial charge in [-0.3, -0.25) is 0 Å². The van der Waals surface area contributed by atoms with Crippen LogP contribution in [0.1, 0.15) is 21.8 Å². The zero-order chi connectivity index (χ0) is 16.5. The first-order chi connectivity index (χ1) is 11.7. The third-order valence-electron chi connectivity index (χ3n) is 4.14. The molecule has 0 aliphatic rings. The van der Waals surface area contributed by atoms with E-state index in [4.69, 9.17) is 9.15 Å². The maximum Gasteiger partial charge on any atom is 0.358 e. The van der Waals surface area contributed by atoms with E-state index in [9.17, 15) is 4.79 Å². The number of aromatic nitrogens is 1.